The fraction of sp³-hybridized carbons (Fsp3) is 0.143. The van der Waals surface area contributed by atoms with Crippen LogP contribution in [-0.2, 0) is 4.74 Å². The van der Waals surface area contributed by atoms with Gasteiger partial charge in [-0.1, -0.05) is 17.7 Å². The van der Waals surface area contributed by atoms with Gasteiger partial charge in [0.15, 0.2) is 0 Å². The molecule has 0 saturated heterocycles. The highest BCUT2D eigenvalue weighted by atomic mass is 35.5. The summed E-state index contributed by atoms with van der Waals surface area (Å²) in [6, 6.07) is 6.78. The number of ether oxygens (including phenoxy) is 2. The van der Waals surface area contributed by atoms with E-state index in [1.54, 1.807) is 12.1 Å². The molecule has 0 unspecified atom stereocenters. The Bertz CT molecular complexity index is 659. The third-order valence-corrected chi connectivity index (χ3v) is 2.95. The van der Waals surface area contributed by atoms with Gasteiger partial charge in [-0.25, -0.2) is 9.78 Å². The van der Waals surface area contributed by atoms with Crippen LogP contribution in [0.4, 0.5) is 5.69 Å². The molecule has 1 aromatic carbocycles. The van der Waals surface area contributed by atoms with Gasteiger partial charge in [-0.15, -0.1) is 0 Å². The summed E-state index contributed by atoms with van der Waals surface area (Å²) in [4.78, 5) is 15.5. The lowest BCUT2D eigenvalue weighted by molar-refractivity contribution is 0.0601. The predicted molar refractivity (Wildman–Crippen MR) is 76.3 cm³/mol. The summed E-state index contributed by atoms with van der Waals surface area (Å²) in [5, 5.41) is 0.440. The van der Waals surface area contributed by atoms with Gasteiger partial charge in [-0.3, -0.25) is 0 Å². The molecule has 0 aliphatic rings. The Morgan fingerprint density at radius 2 is 2.10 bits per heavy atom. The van der Waals surface area contributed by atoms with Crippen molar-refractivity contribution in [1.29, 1.82) is 0 Å². The number of nitrogen functional groups attached to an aromatic ring is 1. The number of nitrogens with zero attached hydrogens (tertiary/aromatic N) is 1. The third-order valence-electron chi connectivity index (χ3n) is 2.65. The van der Waals surface area contributed by atoms with E-state index < -0.39 is 5.97 Å². The van der Waals surface area contributed by atoms with Crippen LogP contribution in [0, 0.1) is 6.92 Å². The number of rotatable bonds is 3. The second kappa shape index (κ2) is 5.79. The highest BCUT2D eigenvalue weighted by Crippen LogP contribution is 2.32. The number of hydrogen-bond donors (Lipinski definition) is 1. The highest BCUT2D eigenvalue weighted by molar-refractivity contribution is 6.32. The number of aromatic nitrogens is 1. The van der Waals surface area contributed by atoms with Crippen molar-refractivity contribution >= 4 is 23.3 Å². The summed E-state index contributed by atoms with van der Waals surface area (Å²) in [5.74, 6) is -0.0260. The minimum absolute atomic E-state index is 0.107. The second-order valence-corrected chi connectivity index (χ2v) is 4.51. The number of hydrogen-bond acceptors (Lipinski definition) is 5. The van der Waals surface area contributed by atoms with Crippen LogP contribution in [0.1, 0.15) is 15.9 Å². The number of nitrogens with two attached hydrogens (primary N) is 1. The summed E-state index contributed by atoms with van der Waals surface area (Å²) in [7, 11) is 1.28. The molecular weight excluding hydrogens is 280 g/mol. The molecule has 104 valence electrons. The third kappa shape index (κ3) is 2.83. The number of benzene rings is 1. The molecule has 2 N–H and O–H groups in total. The zero-order chi connectivity index (χ0) is 14.7. The molecule has 0 atom stereocenters. The number of pyridine rings is 1. The SMILES string of the molecule is COC(=O)c1ccnc(Oc2ccc(C)cc2Cl)c1N. The molecule has 0 aliphatic carbocycles. The molecule has 2 aromatic rings. The first-order valence-electron chi connectivity index (χ1n) is 5.79. The molecule has 0 radical (unpaired) electrons. The van der Waals surface area contributed by atoms with Crippen molar-refractivity contribution < 1.29 is 14.3 Å². The lowest BCUT2D eigenvalue weighted by Crippen LogP contribution is -2.07. The molecular formula is C14H13ClN2O3. The van der Waals surface area contributed by atoms with Crippen molar-refractivity contribution in [3.05, 3.63) is 46.6 Å². The van der Waals surface area contributed by atoms with Crippen LogP contribution in [-0.4, -0.2) is 18.1 Å². The number of methoxy groups -OCH3 is 1. The van der Waals surface area contributed by atoms with Crippen LogP contribution in [0.25, 0.3) is 0 Å². The Morgan fingerprint density at radius 1 is 1.35 bits per heavy atom. The molecule has 2 rings (SSSR count). The van der Waals surface area contributed by atoms with E-state index in [2.05, 4.69) is 9.72 Å². The van der Waals surface area contributed by atoms with Crippen molar-refractivity contribution in [2.75, 3.05) is 12.8 Å². The number of halogens is 1. The fourth-order valence-corrected chi connectivity index (χ4v) is 1.89. The number of esters is 1. The Morgan fingerprint density at radius 3 is 2.75 bits per heavy atom. The number of anilines is 1. The maximum absolute atomic E-state index is 11.5. The van der Waals surface area contributed by atoms with Crippen molar-refractivity contribution in [3.8, 4) is 11.6 Å². The van der Waals surface area contributed by atoms with Gasteiger partial charge in [0.25, 0.3) is 0 Å². The summed E-state index contributed by atoms with van der Waals surface area (Å²) in [5.41, 5.74) is 7.16. The fourth-order valence-electron chi connectivity index (χ4n) is 1.62. The van der Waals surface area contributed by atoms with Crippen molar-refractivity contribution in [3.63, 3.8) is 0 Å². The monoisotopic (exact) mass is 292 g/mol. The van der Waals surface area contributed by atoms with Crippen LogP contribution in [0.15, 0.2) is 30.5 Å². The lowest BCUT2D eigenvalue weighted by atomic mass is 10.2. The van der Waals surface area contributed by atoms with E-state index in [4.69, 9.17) is 22.1 Å². The zero-order valence-electron chi connectivity index (χ0n) is 11.0. The molecule has 0 spiro atoms. The average molecular weight is 293 g/mol. The average Bonchev–Trinajstić information content (AvgIpc) is 2.43. The van der Waals surface area contributed by atoms with Gasteiger partial charge in [-0.2, -0.15) is 0 Å². The van der Waals surface area contributed by atoms with Gasteiger partial charge in [0, 0.05) is 6.20 Å². The normalized spacial score (nSPS) is 10.2. The van der Waals surface area contributed by atoms with Crippen LogP contribution >= 0.6 is 11.6 Å². The van der Waals surface area contributed by atoms with Gasteiger partial charge in [0.05, 0.1) is 17.7 Å². The lowest BCUT2D eigenvalue weighted by Gasteiger charge is -2.11. The van der Waals surface area contributed by atoms with Crippen LogP contribution in [0.5, 0.6) is 11.6 Å². The molecule has 1 heterocycles. The van der Waals surface area contributed by atoms with E-state index in [1.165, 1.54) is 19.4 Å². The molecule has 1 aromatic heterocycles. The quantitative estimate of drug-likeness (QED) is 0.879. The molecule has 5 nitrogen and oxygen atoms in total. The molecule has 20 heavy (non-hydrogen) atoms. The Hall–Kier alpha value is -2.27. The van der Waals surface area contributed by atoms with E-state index in [1.807, 2.05) is 13.0 Å². The zero-order valence-corrected chi connectivity index (χ0v) is 11.8. The van der Waals surface area contributed by atoms with Gasteiger partial charge < -0.3 is 15.2 Å². The second-order valence-electron chi connectivity index (χ2n) is 4.10. The number of carbonyl (C=O) groups is 1. The van der Waals surface area contributed by atoms with Gasteiger partial charge in [0.1, 0.15) is 11.4 Å². The first kappa shape index (κ1) is 14.1. The van der Waals surface area contributed by atoms with Crippen LogP contribution in [0.2, 0.25) is 5.02 Å². The smallest absolute Gasteiger partial charge is 0.340 e. The largest absolute Gasteiger partial charge is 0.465 e. The Balaban J connectivity index is 2.37. The summed E-state index contributed by atoms with van der Waals surface area (Å²) in [6.45, 7) is 1.92. The molecule has 0 amide bonds. The number of carbonyl (C=O) groups excluding carboxylic acids is 1. The molecule has 0 bridgehead atoms. The molecule has 6 heteroatoms. The van der Waals surface area contributed by atoms with E-state index in [9.17, 15) is 4.79 Å². The van der Waals surface area contributed by atoms with Crippen LogP contribution in [0.3, 0.4) is 0 Å². The van der Waals surface area contributed by atoms with E-state index in [0.717, 1.165) is 5.56 Å². The molecule has 0 aliphatic heterocycles. The first-order chi connectivity index (χ1) is 9.52. The summed E-state index contributed by atoms with van der Waals surface area (Å²) in [6.07, 6.45) is 1.42. The van der Waals surface area contributed by atoms with Crippen molar-refractivity contribution in [2.45, 2.75) is 6.92 Å². The van der Waals surface area contributed by atoms with E-state index in [-0.39, 0.29) is 17.1 Å². The minimum Gasteiger partial charge on any atom is -0.465 e. The topological polar surface area (TPSA) is 74.4 Å². The highest BCUT2D eigenvalue weighted by Gasteiger charge is 2.16. The van der Waals surface area contributed by atoms with Crippen molar-refractivity contribution in [1.82, 2.24) is 4.98 Å². The molecule has 0 fully saturated rings. The summed E-state index contributed by atoms with van der Waals surface area (Å²) >= 11 is 6.08. The predicted octanol–water partition coefficient (Wildman–Crippen LogP) is 3.20. The van der Waals surface area contributed by atoms with E-state index >= 15 is 0 Å². The maximum Gasteiger partial charge on any atom is 0.340 e. The van der Waals surface area contributed by atoms with Gasteiger partial charge in [0.2, 0.25) is 5.88 Å². The maximum atomic E-state index is 11.5. The Labute approximate surface area is 121 Å². The standard InChI is InChI=1S/C14H13ClN2O3/c1-8-3-4-11(10(15)7-8)20-13-12(16)9(5-6-17-13)14(18)19-2/h3-7H,16H2,1-2H3. The van der Waals surface area contributed by atoms with Gasteiger partial charge >= 0.3 is 5.97 Å². The first-order valence-corrected chi connectivity index (χ1v) is 6.17. The summed E-state index contributed by atoms with van der Waals surface area (Å²) < 4.78 is 10.2. The van der Waals surface area contributed by atoms with E-state index in [0.29, 0.717) is 10.8 Å². The van der Waals surface area contributed by atoms with Gasteiger partial charge in [-0.05, 0) is 30.7 Å². The minimum atomic E-state index is -0.551. The molecule has 0 saturated carbocycles. The van der Waals surface area contributed by atoms with Crippen LogP contribution < -0.4 is 10.5 Å². The van der Waals surface area contributed by atoms with Crippen molar-refractivity contribution in [2.24, 2.45) is 0 Å². The number of aryl methyl sites for hydroxylation is 1. The Kier molecular flexibility index (Phi) is 4.10.